The van der Waals surface area contributed by atoms with Crippen LogP contribution in [0, 0.1) is 0 Å². The molecule has 184 valence electrons. The number of ether oxygens (including phenoxy) is 1. The van der Waals surface area contributed by atoms with Gasteiger partial charge in [0.1, 0.15) is 11.8 Å². The summed E-state index contributed by atoms with van der Waals surface area (Å²) in [6.07, 6.45) is 10.3. The average Bonchev–Trinajstić information content (AvgIpc) is 3.15. The molecule has 1 atom stereocenters. The van der Waals surface area contributed by atoms with Crippen LogP contribution in [0.25, 0.3) is 0 Å². The van der Waals surface area contributed by atoms with E-state index in [0.717, 1.165) is 37.2 Å². The number of benzene rings is 1. The van der Waals surface area contributed by atoms with Gasteiger partial charge in [-0.25, -0.2) is 0 Å². The zero-order valence-electron chi connectivity index (χ0n) is 19.7. The van der Waals surface area contributed by atoms with Crippen molar-refractivity contribution in [1.82, 2.24) is 25.7 Å². The molecule has 1 aromatic carbocycles. The lowest BCUT2D eigenvalue weighted by Gasteiger charge is -2.29. The number of carbonyl (C=O) groups is 3. The SMILES string of the molecule is O=C1CCC(N2Cc3cc(OC4CCCCC4)ccc3C2=O)C(=O)N1.c1cc(C2CNC2)cnn1. The first-order valence-corrected chi connectivity index (χ1v) is 12.5. The molecule has 0 spiro atoms. The molecule has 0 radical (unpaired) electrons. The van der Waals surface area contributed by atoms with Crippen molar-refractivity contribution in [3.8, 4) is 5.75 Å². The number of rotatable bonds is 4. The Morgan fingerprint density at radius 3 is 2.49 bits per heavy atom. The van der Waals surface area contributed by atoms with Gasteiger partial charge in [-0.3, -0.25) is 19.7 Å². The Bertz CT molecular complexity index is 1080. The van der Waals surface area contributed by atoms with Crippen molar-refractivity contribution >= 4 is 17.7 Å². The van der Waals surface area contributed by atoms with Crippen LogP contribution in [0.1, 0.15) is 72.3 Å². The van der Waals surface area contributed by atoms with E-state index in [1.54, 1.807) is 17.2 Å². The fraction of sp³-hybridized carbons (Fsp3) is 0.500. The van der Waals surface area contributed by atoms with Gasteiger partial charge in [0, 0.05) is 43.7 Å². The molecule has 3 fully saturated rings. The second-order valence-electron chi connectivity index (χ2n) is 9.63. The van der Waals surface area contributed by atoms with Crippen LogP contribution >= 0.6 is 0 Å². The van der Waals surface area contributed by atoms with Gasteiger partial charge in [0.25, 0.3) is 5.91 Å². The molecule has 4 heterocycles. The van der Waals surface area contributed by atoms with Crippen molar-refractivity contribution in [2.75, 3.05) is 13.1 Å². The Labute approximate surface area is 204 Å². The van der Waals surface area contributed by atoms with E-state index in [1.165, 1.54) is 24.8 Å². The molecule has 3 aliphatic heterocycles. The van der Waals surface area contributed by atoms with Crippen molar-refractivity contribution in [3.63, 3.8) is 0 Å². The number of carbonyl (C=O) groups excluding carboxylic acids is 3. The normalized spacial score (nSPS) is 22.6. The second-order valence-corrected chi connectivity index (χ2v) is 9.63. The summed E-state index contributed by atoms with van der Waals surface area (Å²) < 4.78 is 6.08. The van der Waals surface area contributed by atoms with Gasteiger partial charge in [-0.2, -0.15) is 10.2 Å². The van der Waals surface area contributed by atoms with E-state index >= 15 is 0 Å². The number of hydrogen-bond donors (Lipinski definition) is 2. The summed E-state index contributed by atoms with van der Waals surface area (Å²) in [5.74, 6) is 0.678. The Morgan fingerprint density at radius 1 is 0.971 bits per heavy atom. The molecule has 6 rings (SSSR count). The zero-order valence-corrected chi connectivity index (χ0v) is 19.7. The van der Waals surface area contributed by atoms with Crippen LogP contribution in [-0.4, -0.2) is 58.1 Å². The van der Waals surface area contributed by atoms with Gasteiger partial charge in [0.05, 0.1) is 12.3 Å². The Hall–Kier alpha value is -3.33. The molecule has 0 bridgehead atoms. The topological polar surface area (TPSA) is 114 Å². The summed E-state index contributed by atoms with van der Waals surface area (Å²) >= 11 is 0. The molecular formula is C26H31N5O4. The van der Waals surface area contributed by atoms with Crippen LogP contribution in [-0.2, 0) is 16.1 Å². The summed E-state index contributed by atoms with van der Waals surface area (Å²) in [6.45, 7) is 2.57. The molecule has 1 aromatic heterocycles. The molecular weight excluding hydrogens is 446 g/mol. The van der Waals surface area contributed by atoms with Crippen LogP contribution in [0.3, 0.4) is 0 Å². The van der Waals surface area contributed by atoms with Gasteiger partial charge in [0.15, 0.2) is 0 Å². The standard InChI is InChI=1S/C19H22N2O4.C7H9N3/c22-17-9-8-16(18(23)20-17)21-11-12-10-14(6-7-15(12)19(21)24)25-13-4-2-1-3-5-13;1-2-9-10-5-6(1)7-3-8-4-7/h6-7,10,13,16H,1-5,8-9,11H2,(H,20,22,23);1-2,5,7-8H,3-4H2. The number of imide groups is 1. The molecule has 1 unspecified atom stereocenters. The van der Waals surface area contributed by atoms with E-state index in [0.29, 0.717) is 24.4 Å². The van der Waals surface area contributed by atoms with Gasteiger partial charge >= 0.3 is 0 Å². The Kier molecular flexibility index (Phi) is 7.03. The van der Waals surface area contributed by atoms with Gasteiger partial charge < -0.3 is 15.0 Å². The summed E-state index contributed by atoms with van der Waals surface area (Å²) in [7, 11) is 0. The number of nitrogens with zero attached hydrogens (tertiary/aromatic N) is 3. The van der Waals surface area contributed by atoms with Gasteiger partial charge in [-0.15, -0.1) is 0 Å². The molecule has 2 N–H and O–H groups in total. The lowest BCUT2D eigenvalue weighted by atomic mass is 9.96. The van der Waals surface area contributed by atoms with Crippen LogP contribution in [0.15, 0.2) is 36.7 Å². The predicted octanol–water partition coefficient (Wildman–Crippen LogP) is 2.32. The maximum atomic E-state index is 12.6. The van der Waals surface area contributed by atoms with Crippen LogP contribution in [0.5, 0.6) is 5.75 Å². The van der Waals surface area contributed by atoms with Crippen LogP contribution in [0.4, 0.5) is 0 Å². The first kappa shape index (κ1) is 23.4. The lowest BCUT2D eigenvalue weighted by Crippen LogP contribution is -2.52. The average molecular weight is 478 g/mol. The second kappa shape index (κ2) is 10.5. The highest BCUT2D eigenvalue weighted by Gasteiger charge is 2.39. The molecule has 1 saturated carbocycles. The molecule has 1 aliphatic carbocycles. The van der Waals surface area contributed by atoms with Crippen LogP contribution in [0.2, 0.25) is 0 Å². The highest BCUT2D eigenvalue weighted by molar-refractivity contribution is 6.05. The number of amides is 3. The third kappa shape index (κ3) is 5.35. The van der Waals surface area contributed by atoms with Crippen molar-refractivity contribution in [2.45, 2.75) is 69.6 Å². The van der Waals surface area contributed by atoms with E-state index in [1.807, 2.05) is 24.4 Å². The molecule has 4 aliphatic rings. The fourth-order valence-electron chi connectivity index (χ4n) is 5.07. The number of piperidine rings is 1. The number of fused-ring (bicyclic) bond motifs is 1. The smallest absolute Gasteiger partial charge is 0.255 e. The third-order valence-corrected chi connectivity index (χ3v) is 7.21. The number of aromatic nitrogens is 2. The lowest BCUT2D eigenvalue weighted by molar-refractivity contribution is -0.136. The van der Waals surface area contributed by atoms with E-state index in [-0.39, 0.29) is 30.2 Å². The highest BCUT2D eigenvalue weighted by atomic mass is 16.5. The van der Waals surface area contributed by atoms with Crippen LogP contribution < -0.4 is 15.4 Å². The van der Waals surface area contributed by atoms with Crippen molar-refractivity contribution in [3.05, 3.63) is 53.3 Å². The molecule has 35 heavy (non-hydrogen) atoms. The van der Waals surface area contributed by atoms with E-state index in [9.17, 15) is 14.4 Å². The summed E-state index contributed by atoms with van der Waals surface area (Å²) in [5.41, 5.74) is 2.82. The monoisotopic (exact) mass is 477 g/mol. The summed E-state index contributed by atoms with van der Waals surface area (Å²) in [6, 6.07) is 7.02. The van der Waals surface area contributed by atoms with Gasteiger partial charge in [-0.05, 0) is 67.5 Å². The minimum absolute atomic E-state index is 0.145. The van der Waals surface area contributed by atoms with E-state index in [2.05, 4.69) is 20.8 Å². The quantitative estimate of drug-likeness (QED) is 0.650. The minimum atomic E-state index is -0.569. The van der Waals surface area contributed by atoms with E-state index < -0.39 is 6.04 Å². The molecule has 2 aromatic rings. The predicted molar refractivity (Wildman–Crippen MR) is 128 cm³/mol. The van der Waals surface area contributed by atoms with Gasteiger partial charge in [0.2, 0.25) is 11.8 Å². The highest BCUT2D eigenvalue weighted by Crippen LogP contribution is 2.31. The molecule has 9 nitrogen and oxygen atoms in total. The molecule has 2 saturated heterocycles. The molecule has 9 heteroatoms. The Balaban J connectivity index is 0.000000211. The Morgan fingerprint density at radius 2 is 1.80 bits per heavy atom. The fourth-order valence-corrected chi connectivity index (χ4v) is 5.07. The maximum absolute atomic E-state index is 12.6. The first-order valence-electron chi connectivity index (χ1n) is 12.5. The third-order valence-electron chi connectivity index (χ3n) is 7.21. The van der Waals surface area contributed by atoms with Crippen molar-refractivity contribution in [1.29, 1.82) is 0 Å². The largest absolute Gasteiger partial charge is 0.490 e. The maximum Gasteiger partial charge on any atom is 0.255 e. The zero-order chi connectivity index (χ0) is 24.2. The number of hydrogen-bond acceptors (Lipinski definition) is 7. The summed E-state index contributed by atoms with van der Waals surface area (Å²) in [5, 5.41) is 13.1. The van der Waals surface area contributed by atoms with Gasteiger partial charge in [-0.1, -0.05) is 6.42 Å². The molecule has 3 amide bonds. The number of nitrogens with one attached hydrogen (secondary N) is 2. The van der Waals surface area contributed by atoms with E-state index in [4.69, 9.17) is 4.74 Å². The van der Waals surface area contributed by atoms with Crippen molar-refractivity contribution < 1.29 is 19.1 Å². The minimum Gasteiger partial charge on any atom is -0.490 e. The van der Waals surface area contributed by atoms with Crippen molar-refractivity contribution in [2.24, 2.45) is 0 Å². The first-order chi connectivity index (χ1) is 17.1. The summed E-state index contributed by atoms with van der Waals surface area (Å²) in [4.78, 5) is 37.6.